The highest BCUT2D eigenvalue weighted by molar-refractivity contribution is 6.00. The van der Waals surface area contributed by atoms with Crippen molar-refractivity contribution < 1.29 is 39.6 Å². The number of hydrogen-bond donors (Lipinski definition) is 4. The minimum Gasteiger partial charge on any atom is -0.481 e. The molecule has 2 atom stereocenters. The molecule has 0 unspecified atom stereocenters. The summed E-state index contributed by atoms with van der Waals surface area (Å²) < 4.78 is 0. The first-order valence-electron chi connectivity index (χ1n) is 7.55. The summed E-state index contributed by atoms with van der Waals surface area (Å²) in [7, 11) is 0. The van der Waals surface area contributed by atoms with Crippen LogP contribution in [0.2, 0.25) is 0 Å². The SMILES string of the molecule is CC1=CN2C(CC(=O)O)=C(C(=O)O)/C(=C\C(=O)O)[C@H](C(=O)O)[C@@H]2C(C)=C1. The van der Waals surface area contributed by atoms with Crippen LogP contribution in [0.4, 0.5) is 0 Å². The lowest BCUT2D eigenvalue weighted by molar-refractivity contribution is -0.142. The van der Waals surface area contributed by atoms with Crippen LogP contribution in [0.1, 0.15) is 20.3 Å². The maximum absolute atomic E-state index is 11.9. The average Bonchev–Trinajstić information content (AvgIpc) is 2.46. The van der Waals surface area contributed by atoms with Crippen molar-refractivity contribution in [2.45, 2.75) is 26.3 Å². The summed E-state index contributed by atoms with van der Waals surface area (Å²) in [6.45, 7) is 3.34. The topological polar surface area (TPSA) is 152 Å². The third-order valence-electron chi connectivity index (χ3n) is 4.18. The Morgan fingerprint density at radius 2 is 1.73 bits per heavy atom. The molecule has 0 aliphatic carbocycles. The van der Waals surface area contributed by atoms with E-state index >= 15 is 0 Å². The van der Waals surface area contributed by atoms with E-state index in [9.17, 15) is 34.5 Å². The number of hydrogen-bond acceptors (Lipinski definition) is 5. The van der Waals surface area contributed by atoms with Gasteiger partial charge in [0.05, 0.1) is 18.0 Å². The smallest absolute Gasteiger partial charge is 0.337 e. The Bertz CT molecular complexity index is 830. The van der Waals surface area contributed by atoms with Gasteiger partial charge in [-0.15, -0.1) is 0 Å². The summed E-state index contributed by atoms with van der Waals surface area (Å²) in [5, 5.41) is 37.5. The van der Waals surface area contributed by atoms with E-state index in [2.05, 4.69) is 0 Å². The number of carbonyl (C=O) groups is 4. The fourth-order valence-electron chi connectivity index (χ4n) is 3.42. The molecule has 0 aromatic carbocycles. The lowest BCUT2D eigenvalue weighted by Crippen LogP contribution is -2.49. The second kappa shape index (κ2) is 6.87. The molecule has 0 aromatic heterocycles. The Hall–Kier alpha value is -3.36. The third kappa shape index (κ3) is 3.37. The molecule has 0 radical (unpaired) electrons. The van der Waals surface area contributed by atoms with Crippen molar-refractivity contribution in [2.24, 2.45) is 5.92 Å². The van der Waals surface area contributed by atoms with Crippen LogP contribution in [0.25, 0.3) is 0 Å². The number of nitrogens with zero attached hydrogens (tertiary/aromatic N) is 1. The van der Waals surface area contributed by atoms with Crippen molar-refractivity contribution in [3.8, 4) is 0 Å². The van der Waals surface area contributed by atoms with Gasteiger partial charge in [0, 0.05) is 18.0 Å². The van der Waals surface area contributed by atoms with E-state index in [0.717, 1.165) is 0 Å². The molecule has 2 rings (SSSR count). The van der Waals surface area contributed by atoms with Gasteiger partial charge in [0.2, 0.25) is 0 Å². The molecule has 2 heterocycles. The van der Waals surface area contributed by atoms with E-state index in [0.29, 0.717) is 17.2 Å². The second-order valence-corrected chi connectivity index (χ2v) is 6.06. The number of carboxylic acids is 4. The zero-order valence-corrected chi connectivity index (χ0v) is 14.0. The summed E-state index contributed by atoms with van der Waals surface area (Å²) in [6.07, 6.45) is 3.00. The van der Waals surface area contributed by atoms with Gasteiger partial charge in [0.25, 0.3) is 0 Å². The van der Waals surface area contributed by atoms with Crippen molar-refractivity contribution in [3.05, 3.63) is 46.3 Å². The summed E-state index contributed by atoms with van der Waals surface area (Å²) in [4.78, 5) is 47.5. The van der Waals surface area contributed by atoms with Gasteiger partial charge >= 0.3 is 23.9 Å². The number of rotatable bonds is 5. The van der Waals surface area contributed by atoms with Crippen LogP contribution < -0.4 is 0 Å². The Morgan fingerprint density at radius 3 is 2.19 bits per heavy atom. The number of carboxylic acid groups (broad SMARTS) is 4. The second-order valence-electron chi connectivity index (χ2n) is 6.06. The molecule has 0 saturated heterocycles. The minimum absolute atomic E-state index is 0.160. The molecule has 2 aliphatic heterocycles. The molecular formula is C17H17NO8. The van der Waals surface area contributed by atoms with Gasteiger partial charge in [0.15, 0.2) is 0 Å². The fraction of sp³-hybridized carbons (Fsp3) is 0.294. The van der Waals surface area contributed by atoms with Crippen LogP contribution in [-0.4, -0.2) is 55.2 Å². The molecule has 0 spiro atoms. The van der Waals surface area contributed by atoms with Crippen LogP contribution >= 0.6 is 0 Å². The standard InChI is InChI=1S/C17H17NO8/c1-7-3-8(2)15-14(17(25)26)9(4-11(19)20)13(16(23)24)10(5-12(21)22)18(15)6-7/h3-4,6,14-15H,5H2,1-2H3,(H,19,20)(H,21,22)(H,23,24)(H,25,26)/b9-4+/t14-,15-/m0/s1. The molecule has 0 bridgehead atoms. The fourth-order valence-corrected chi connectivity index (χ4v) is 3.42. The zero-order chi connectivity index (χ0) is 19.8. The van der Waals surface area contributed by atoms with Crippen LogP contribution in [0, 0.1) is 5.92 Å². The van der Waals surface area contributed by atoms with Gasteiger partial charge in [-0.1, -0.05) is 6.08 Å². The van der Waals surface area contributed by atoms with Gasteiger partial charge < -0.3 is 25.3 Å². The van der Waals surface area contributed by atoms with Crippen LogP contribution in [0.15, 0.2) is 46.3 Å². The number of fused-ring (bicyclic) bond motifs is 1. The quantitative estimate of drug-likeness (QED) is 0.525. The zero-order valence-electron chi connectivity index (χ0n) is 14.0. The van der Waals surface area contributed by atoms with Gasteiger partial charge in [-0.3, -0.25) is 9.59 Å². The lowest BCUT2D eigenvalue weighted by Gasteiger charge is -2.44. The highest BCUT2D eigenvalue weighted by atomic mass is 16.4. The van der Waals surface area contributed by atoms with E-state index in [-0.39, 0.29) is 5.70 Å². The number of allylic oxidation sites excluding steroid dienone is 2. The molecule has 0 aromatic rings. The molecule has 138 valence electrons. The molecule has 9 heteroatoms. The summed E-state index contributed by atoms with van der Waals surface area (Å²) >= 11 is 0. The molecular weight excluding hydrogens is 346 g/mol. The maximum Gasteiger partial charge on any atom is 0.337 e. The lowest BCUT2D eigenvalue weighted by atomic mass is 9.76. The molecule has 0 amide bonds. The third-order valence-corrected chi connectivity index (χ3v) is 4.18. The predicted octanol–water partition coefficient (Wildman–Crippen LogP) is 1.06. The van der Waals surface area contributed by atoms with Crippen molar-refractivity contribution in [1.29, 1.82) is 0 Å². The highest BCUT2D eigenvalue weighted by Gasteiger charge is 2.46. The maximum atomic E-state index is 11.9. The Balaban J connectivity index is 2.89. The van der Waals surface area contributed by atoms with Crippen LogP contribution in [0.3, 0.4) is 0 Å². The largest absolute Gasteiger partial charge is 0.481 e. The first-order valence-corrected chi connectivity index (χ1v) is 7.55. The van der Waals surface area contributed by atoms with Gasteiger partial charge in [-0.25, -0.2) is 9.59 Å². The molecule has 2 aliphatic rings. The van der Waals surface area contributed by atoms with Gasteiger partial charge in [0.1, 0.15) is 5.92 Å². The molecule has 0 saturated carbocycles. The van der Waals surface area contributed by atoms with Crippen LogP contribution in [0.5, 0.6) is 0 Å². The first-order chi connectivity index (χ1) is 12.0. The van der Waals surface area contributed by atoms with E-state index in [4.69, 9.17) is 5.11 Å². The monoisotopic (exact) mass is 363 g/mol. The molecule has 26 heavy (non-hydrogen) atoms. The van der Waals surface area contributed by atoms with E-state index in [1.165, 1.54) is 11.1 Å². The van der Waals surface area contributed by atoms with Crippen molar-refractivity contribution in [2.75, 3.05) is 0 Å². The molecule has 9 nitrogen and oxygen atoms in total. The molecule has 4 N–H and O–H groups in total. The predicted molar refractivity (Wildman–Crippen MR) is 86.9 cm³/mol. The van der Waals surface area contributed by atoms with E-state index in [1.807, 2.05) is 0 Å². The van der Waals surface area contributed by atoms with Gasteiger partial charge in [-0.05, 0) is 30.6 Å². The number of aliphatic carboxylic acids is 4. The normalized spacial score (nSPS) is 23.9. The minimum atomic E-state index is -1.59. The van der Waals surface area contributed by atoms with E-state index < -0.39 is 53.4 Å². The van der Waals surface area contributed by atoms with Gasteiger partial charge in [-0.2, -0.15) is 0 Å². The Labute approximate surface area is 147 Å². The Morgan fingerprint density at radius 1 is 1.12 bits per heavy atom. The van der Waals surface area contributed by atoms with Crippen molar-refractivity contribution >= 4 is 23.9 Å². The molecule has 0 fully saturated rings. The first kappa shape index (κ1) is 19.0. The van der Waals surface area contributed by atoms with Crippen LogP contribution in [-0.2, 0) is 19.2 Å². The summed E-state index contributed by atoms with van der Waals surface area (Å²) in [5.74, 6) is -7.30. The highest BCUT2D eigenvalue weighted by Crippen LogP contribution is 2.42. The summed E-state index contributed by atoms with van der Waals surface area (Å²) in [5.41, 5.74) is 0.0295. The van der Waals surface area contributed by atoms with E-state index in [1.54, 1.807) is 19.9 Å². The summed E-state index contributed by atoms with van der Waals surface area (Å²) in [6, 6.07) is -0.917. The Kier molecular flexibility index (Phi) is 5.01. The average molecular weight is 363 g/mol. The van der Waals surface area contributed by atoms with Crippen molar-refractivity contribution in [1.82, 2.24) is 4.90 Å². The van der Waals surface area contributed by atoms with Crippen molar-refractivity contribution in [3.63, 3.8) is 0 Å².